The highest BCUT2D eigenvalue weighted by atomic mass is 19.1. The van der Waals surface area contributed by atoms with Gasteiger partial charge in [-0.15, -0.1) is 0 Å². The number of halogens is 1. The molecule has 1 N–H and O–H groups in total. The second kappa shape index (κ2) is 5.49. The smallest absolute Gasteiger partial charge is 0.218 e. The molecule has 0 aliphatic heterocycles. The molecule has 0 fully saturated rings. The van der Waals surface area contributed by atoms with Crippen molar-refractivity contribution in [3.8, 4) is 5.88 Å². The summed E-state index contributed by atoms with van der Waals surface area (Å²) < 4.78 is 18.9. The monoisotopic (exact) mass is 246 g/mol. The van der Waals surface area contributed by atoms with Crippen LogP contribution in [0, 0.1) is 12.7 Å². The van der Waals surface area contributed by atoms with Gasteiger partial charge in [0.2, 0.25) is 5.88 Å². The van der Waals surface area contributed by atoms with Gasteiger partial charge in [0.1, 0.15) is 5.82 Å². The third-order valence-electron chi connectivity index (χ3n) is 2.70. The third-order valence-corrected chi connectivity index (χ3v) is 2.70. The van der Waals surface area contributed by atoms with Crippen LogP contribution in [-0.4, -0.2) is 12.1 Å². The van der Waals surface area contributed by atoms with Gasteiger partial charge in [0, 0.05) is 18.3 Å². The highest BCUT2D eigenvalue weighted by molar-refractivity contribution is 5.48. The summed E-state index contributed by atoms with van der Waals surface area (Å²) in [6, 6.07) is 9.00. The number of aryl methyl sites for hydroxylation is 1. The van der Waals surface area contributed by atoms with E-state index in [1.54, 1.807) is 32.4 Å². The maximum absolute atomic E-state index is 13.8. The van der Waals surface area contributed by atoms with Crippen molar-refractivity contribution in [2.75, 3.05) is 12.4 Å². The molecule has 0 bridgehead atoms. The van der Waals surface area contributed by atoms with E-state index in [2.05, 4.69) is 10.3 Å². The molecule has 0 amide bonds. The van der Waals surface area contributed by atoms with Crippen LogP contribution in [0.4, 0.5) is 10.1 Å². The van der Waals surface area contributed by atoms with Crippen LogP contribution in [0.3, 0.4) is 0 Å². The van der Waals surface area contributed by atoms with Gasteiger partial charge in [-0.05, 0) is 24.6 Å². The Morgan fingerprint density at radius 3 is 2.89 bits per heavy atom. The number of nitrogens with zero attached hydrogens (tertiary/aromatic N) is 1. The van der Waals surface area contributed by atoms with Crippen molar-refractivity contribution in [2.45, 2.75) is 13.5 Å². The number of anilines is 1. The fourth-order valence-electron chi connectivity index (χ4n) is 1.72. The van der Waals surface area contributed by atoms with Crippen LogP contribution in [0.15, 0.2) is 36.5 Å². The van der Waals surface area contributed by atoms with Crippen LogP contribution < -0.4 is 10.1 Å². The first-order valence-corrected chi connectivity index (χ1v) is 5.69. The highest BCUT2D eigenvalue weighted by Gasteiger charge is 2.06. The molecule has 0 saturated heterocycles. The van der Waals surface area contributed by atoms with Crippen molar-refractivity contribution in [1.29, 1.82) is 0 Å². The van der Waals surface area contributed by atoms with E-state index >= 15 is 0 Å². The molecule has 2 aromatic rings. The Morgan fingerprint density at radius 1 is 1.28 bits per heavy atom. The lowest BCUT2D eigenvalue weighted by Gasteiger charge is -2.11. The van der Waals surface area contributed by atoms with E-state index in [4.69, 9.17) is 4.74 Å². The average molecular weight is 246 g/mol. The highest BCUT2D eigenvalue weighted by Crippen LogP contribution is 2.20. The first-order chi connectivity index (χ1) is 8.72. The van der Waals surface area contributed by atoms with Gasteiger partial charge in [0.15, 0.2) is 0 Å². The minimum Gasteiger partial charge on any atom is -0.481 e. The van der Waals surface area contributed by atoms with Gasteiger partial charge in [0.05, 0.1) is 12.8 Å². The molecular formula is C14H15FN2O. The fourth-order valence-corrected chi connectivity index (χ4v) is 1.72. The number of hydrogen-bond acceptors (Lipinski definition) is 3. The molecule has 0 aliphatic carbocycles. The van der Waals surface area contributed by atoms with Crippen LogP contribution in [0.2, 0.25) is 0 Å². The number of benzene rings is 1. The first-order valence-electron chi connectivity index (χ1n) is 5.69. The normalized spacial score (nSPS) is 10.2. The molecule has 0 saturated carbocycles. The van der Waals surface area contributed by atoms with E-state index in [1.807, 2.05) is 18.2 Å². The van der Waals surface area contributed by atoms with Crippen molar-refractivity contribution >= 4 is 5.69 Å². The Morgan fingerprint density at radius 2 is 2.11 bits per heavy atom. The van der Waals surface area contributed by atoms with Crippen LogP contribution >= 0.6 is 0 Å². The Bertz CT molecular complexity index is 543. The molecular weight excluding hydrogens is 231 g/mol. The number of pyridine rings is 1. The Kier molecular flexibility index (Phi) is 3.77. The number of nitrogens with one attached hydrogen (secondary N) is 1. The molecule has 0 spiro atoms. The average Bonchev–Trinajstić information content (AvgIpc) is 2.41. The van der Waals surface area contributed by atoms with E-state index in [0.717, 1.165) is 5.56 Å². The standard InChI is InChI=1S/C14H15FN2O/c1-10-5-3-7-12(13(10)15)17-9-11-6-4-8-16-14(11)18-2/h3-8,17H,9H2,1-2H3. The molecule has 1 heterocycles. The molecule has 0 aliphatic rings. The van der Waals surface area contributed by atoms with Crippen molar-refractivity contribution in [1.82, 2.24) is 4.98 Å². The number of methoxy groups -OCH3 is 1. The summed E-state index contributed by atoms with van der Waals surface area (Å²) in [7, 11) is 1.57. The van der Waals surface area contributed by atoms with Gasteiger partial charge in [0.25, 0.3) is 0 Å². The Labute approximate surface area is 106 Å². The molecule has 18 heavy (non-hydrogen) atoms. The van der Waals surface area contributed by atoms with Gasteiger partial charge >= 0.3 is 0 Å². The second-order valence-corrected chi connectivity index (χ2v) is 3.96. The van der Waals surface area contributed by atoms with E-state index in [-0.39, 0.29) is 5.82 Å². The van der Waals surface area contributed by atoms with Gasteiger partial charge in [-0.3, -0.25) is 0 Å². The summed E-state index contributed by atoms with van der Waals surface area (Å²) in [5.74, 6) is 0.332. The number of hydrogen-bond donors (Lipinski definition) is 1. The van der Waals surface area contributed by atoms with Crippen LogP contribution in [0.25, 0.3) is 0 Å². The first kappa shape index (κ1) is 12.4. The summed E-state index contributed by atoms with van der Waals surface area (Å²) in [5, 5.41) is 3.05. The summed E-state index contributed by atoms with van der Waals surface area (Å²) in [5.41, 5.74) is 2.00. The molecule has 1 aromatic carbocycles. The molecule has 4 heteroatoms. The molecule has 2 rings (SSSR count). The molecule has 0 atom stereocenters. The zero-order chi connectivity index (χ0) is 13.0. The van der Waals surface area contributed by atoms with Crippen molar-refractivity contribution < 1.29 is 9.13 Å². The van der Waals surface area contributed by atoms with Gasteiger partial charge in [-0.2, -0.15) is 0 Å². The molecule has 94 valence electrons. The van der Waals surface area contributed by atoms with Gasteiger partial charge in [-0.1, -0.05) is 18.2 Å². The lowest BCUT2D eigenvalue weighted by atomic mass is 10.2. The zero-order valence-electron chi connectivity index (χ0n) is 10.4. The van der Waals surface area contributed by atoms with Gasteiger partial charge < -0.3 is 10.1 Å². The topological polar surface area (TPSA) is 34.1 Å². The van der Waals surface area contributed by atoms with E-state index in [0.29, 0.717) is 23.7 Å². The molecule has 0 radical (unpaired) electrons. The van der Waals surface area contributed by atoms with Crippen molar-refractivity contribution in [2.24, 2.45) is 0 Å². The minimum atomic E-state index is -0.222. The van der Waals surface area contributed by atoms with E-state index in [9.17, 15) is 4.39 Å². The number of ether oxygens (including phenoxy) is 1. The van der Waals surface area contributed by atoms with Crippen molar-refractivity contribution in [3.05, 3.63) is 53.5 Å². The maximum atomic E-state index is 13.8. The third kappa shape index (κ3) is 2.59. The van der Waals surface area contributed by atoms with Gasteiger partial charge in [-0.25, -0.2) is 9.37 Å². The lowest BCUT2D eigenvalue weighted by molar-refractivity contribution is 0.393. The minimum absolute atomic E-state index is 0.222. The van der Waals surface area contributed by atoms with Crippen molar-refractivity contribution in [3.63, 3.8) is 0 Å². The maximum Gasteiger partial charge on any atom is 0.218 e. The fraction of sp³-hybridized carbons (Fsp3) is 0.214. The molecule has 3 nitrogen and oxygen atoms in total. The van der Waals surface area contributed by atoms with E-state index in [1.165, 1.54) is 0 Å². The van der Waals surface area contributed by atoms with Crippen LogP contribution in [0.5, 0.6) is 5.88 Å². The largest absolute Gasteiger partial charge is 0.481 e. The lowest BCUT2D eigenvalue weighted by Crippen LogP contribution is -2.04. The predicted molar refractivity (Wildman–Crippen MR) is 69.3 cm³/mol. The predicted octanol–water partition coefficient (Wildman–Crippen LogP) is 3.15. The number of rotatable bonds is 4. The molecule has 1 aromatic heterocycles. The SMILES string of the molecule is COc1ncccc1CNc1cccc(C)c1F. The number of aromatic nitrogens is 1. The summed E-state index contributed by atoms with van der Waals surface area (Å²) in [6.45, 7) is 2.21. The molecule has 0 unspecified atom stereocenters. The van der Waals surface area contributed by atoms with Crippen LogP contribution in [-0.2, 0) is 6.54 Å². The summed E-state index contributed by atoms with van der Waals surface area (Å²) >= 11 is 0. The second-order valence-electron chi connectivity index (χ2n) is 3.96. The Hall–Kier alpha value is -2.10. The Balaban J connectivity index is 2.14. The summed E-state index contributed by atoms with van der Waals surface area (Å²) in [6.07, 6.45) is 1.66. The summed E-state index contributed by atoms with van der Waals surface area (Å²) in [4.78, 5) is 4.09. The van der Waals surface area contributed by atoms with Crippen LogP contribution in [0.1, 0.15) is 11.1 Å². The van der Waals surface area contributed by atoms with E-state index < -0.39 is 0 Å². The zero-order valence-corrected chi connectivity index (χ0v) is 10.4. The quantitative estimate of drug-likeness (QED) is 0.899.